The van der Waals surface area contributed by atoms with E-state index >= 15 is 0 Å². The first kappa shape index (κ1) is 13.6. The summed E-state index contributed by atoms with van der Waals surface area (Å²) in [5.74, 6) is -0.476. The molecule has 1 aromatic rings. The van der Waals surface area contributed by atoms with Gasteiger partial charge < -0.3 is 14.4 Å². The van der Waals surface area contributed by atoms with Crippen molar-refractivity contribution in [1.82, 2.24) is 4.98 Å². The lowest BCUT2D eigenvalue weighted by atomic mass is 10.0. The number of pyridine rings is 1. The van der Waals surface area contributed by atoms with Crippen molar-refractivity contribution in [1.29, 1.82) is 0 Å². The van der Waals surface area contributed by atoms with Gasteiger partial charge in [-0.05, 0) is 12.1 Å². The predicted molar refractivity (Wildman–Crippen MR) is 65.3 cm³/mol. The van der Waals surface area contributed by atoms with E-state index in [1.54, 1.807) is 0 Å². The van der Waals surface area contributed by atoms with Crippen molar-refractivity contribution in [2.75, 3.05) is 31.2 Å². The second kappa shape index (κ2) is 4.89. The second-order valence-corrected chi connectivity index (χ2v) is 4.99. The Morgan fingerprint density at radius 3 is 2.25 bits per heavy atom. The Kier molecular flexibility index (Phi) is 3.33. The van der Waals surface area contributed by atoms with E-state index in [2.05, 4.69) is 4.98 Å². The summed E-state index contributed by atoms with van der Waals surface area (Å²) in [6.45, 7) is 2.60. The summed E-state index contributed by atoms with van der Waals surface area (Å²) in [7, 11) is 0. The molecule has 0 atom stereocenters. The lowest BCUT2D eigenvalue weighted by molar-refractivity contribution is -0.169. The topological polar surface area (TPSA) is 34.6 Å². The molecule has 110 valence electrons. The van der Waals surface area contributed by atoms with Crippen molar-refractivity contribution in [3.05, 3.63) is 24.0 Å². The zero-order valence-electron chi connectivity index (χ0n) is 10.8. The molecule has 0 unspecified atom stereocenters. The van der Waals surface area contributed by atoms with Crippen LogP contribution in [-0.4, -0.2) is 37.1 Å². The lowest BCUT2D eigenvalue weighted by Gasteiger charge is -2.38. The van der Waals surface area contributed by atoms with Crippen molar-refractivity contribution in [2.45, 2.75) is 24.8 Å². The van der Waals surface area contributed by atoms with Crippen LogP contribution in [0.25, 0.3) is 0 Å². The van der Waals surface area contributed by atoms with E-state index < -0.39 is 17.7 Å². The van der Waals surface area contributed by atoms with Crippen molar-refractivity contribution in [2.24, 2.45) is 0 Å². The molecule has 0 aromatic carbocycles. The van der Waals surface area contributed by atoms with Gasteiger partial charge in [-0.1, -0.05) is 0 Å². The minimum absolute atomic E-state index is 0.476. The molecule has 0 aliphatic carbocycles. The van der Waals surface area contributed by atoms with Gasteiger partial charge in [0.05, 0.1) is 25.1 Å². The summed E-state index contributed by atoms with van der Waals surface area (Å²) in [5.41, 5.74) is -0.164. The maximum absolute atomic E-state index is 12.5. The van der Waals surface area contributed by atoms with Crippen LogP contribution in [0.1, 0.15) is 18.5 Å². The van der Waals surface area contributed by atoms with Gasteiger partial charge in [0.1, 0.15) is 5.69 Å². The number of halogens is 3. The summed E-state index contributed by atoms with van der Waals surface area (Å²) < 4.78 is 48.6. The summed E-state index contributed by atoms with van der Waals surface area (Å²) in [4.78, 5) is 5.49. The van der Waals surface area contributed by atoms with E-state index in [4.69, 9.17) is 9.47 Å². The molecule has 0 saturated carbocycles. The van der Waals surface area contributed by atoms with E-state index in [9.17, 15) is 13.2 Å². The molecule has 1 spiro atoms. The third-order valence-corrected chi connectivity index (χ3v) is 3.74. The van der Waals surface area contributed by atoms with Gasteiger partial charge in [0.15, 0.2) is 5.79 Å². The fourth-order valence-corrected chi connectivity index (χ4v) is 2.63. The minimum atomic E-state index is -4.39. The van der Waals surface area contributed by atoms with Crippen LogP contribution >= 0.6 is 0 Å². The molecule has 7 heteroatoms. The van der Waals surface area contributed by atoms with Crippen LogP contribution in [0, 0.1) is 0 Å². The van der Waals surface area contributed by atoms with Gasteiger partial charge >= 0.3 is 6.18 Å². The molecule has 0 N–H and O–H groups in total. The minimum Gasteiger partial charge on any atom is -0.370 e. The lowest BCUT2D eigenvalue weighted by Crippen LogP contribution is -2.45. The van der Waals surface area contributed by atoms with E-state index in [0.717, 1.165) is 6.07 Å². The van der Waals surface area contributed by atoms with Gasteiger partial charge in [-0.3, -0.25) is 0 Å². The Bertz CT molecular complexity index is 459. The number of aromatic nitrogens is 1. The summed E-state index contributed by atoms with van der Waals surface area (Å²) in [6, 6.07) is 2.48. The molecule has 2 saturated heterocycles. The predicted octanol–water partition coefficient (Wildman–Crippen LogP) is 2.44. The largest absolute Gasteiger partial charge is 0.433 e. The highest BCUT2D eigenvalue weighted by atomic mass is 19.4. The Hall–Kier alpha value is -1.34. The maximum atomic E-state index is 12.5. The highest BCUT2D eigenvalue weighted by Gasteiger charge is 2.40. The highest BCUT2D eigenvalue weighted by Crippen LogP contribution is 2.34. The fourth-order valence-electron chi connectivity index (χ4n) is 2.63. The Morgan fingerprint density at radius 2 is 1.75 bits per heavy atom. The zero-order chi connectivity index (χ0) is 14.2. The van der Waals surface area contributed by atoms with Crippen LogP contribution in [0.3, 0.4) is 0 Å². The van der Waals surface area contributed by atoms with Gasteiger partial charge in [0.2, 0.25) is 0 Å². The molecule has 3 heterocycles. The summed E-state index contributed by atoms with van der Waals surface area (Å²) in [6.07, 6.45) is -1.69. The van der Waals surface area contributed by atoms with E-state index in [-0.39, 0.29) is 0 Å². The molecule has 0 bridgehead atoms. The number of piperidine rings is 1. The SMILES string of the molecule is FC(F)(F)c1ccc(N2CCC3(CC2)OCCO3)cn1. The number of ether oxygens (including phenoxy) is 2. The molecule has 2 aliphatic rings. The monoisotopic (exact) mass is 288 g/mol. The van der Waals surface area contributed by atoms with Crippen LogP contribution in [0.2, 0.25) is 0 Å². The number of alkyl halides is 3. The van der Waals surface area contributed by atoms with Crippen LogP contribution in [0.5, 0.6) is 0 Å². The zero-order valence-corrected chi connectivity index (χ0v) is 10.8. The summed E-state index contributed by atoms with van der Waals surface area (Å²) >= 11 is 0. The molecular weight excluding hydrogens is 273 g/mol. The van der Waals surface area contributed by atoms with Gasteiger partial charge in [-0.25, -0.2) is 4.98 Å². The third-order valence-electron chi connectivity index (χ3n) is 3.74. The quantitative estimate of drug-likeness (QED) is 0.795. The Balaban J connectivity index is 1.66. The number of rotatable bonds is 1. The van der Waals surface area contributed by atoms with E-state index in [0.29, 0.717) is 44.8 Å². The van der Waals surface area contributed by atoms with Gasteiger partial charge in [-0.2, -0.15) is 13.2 Å². The number of nitrogens with zero attached hydrogens (tertiary/aromatic N) is 2. The molecule has 20 heavy (non-hydrogen) atoms. The highest BCUT2D eigenvalue weighted by molar-refractivity contribution is 5.45. The number of hydrogen-bond donors (Lipinski definition) is 0. The number of hydrogen-bond acceptors (Lipinski definition) is 4. The van der Waals surface area contributed by atoms with Gasteiger partial charge in [0.25, 0.3) is 0 Å². The van der Waals surface area contributed by atoms with Crippen LogP contribution in [0.4, 0.5) is 18.9 Å². The number of anilines is 1. The Labute approximate surface area is 114 Å². The van der Waals surface area contributed by atoms with Crippen LogP contribution < -0.4 is 4.90 Å². The van der Waals surface area contributed by atoms with Crippen molar-refractivity contribution in [3.8, 4) is 0 Å². The first-order valence-electron chi connectivity index (χ1n) is 6.55. The van der Waals surface area contributed by atoms with Crippen molar-refractivity contribution in [3.63, 3.8) is 0 Å². The van der Waals surface area contributed by atoms with Gasteiger partial charge in [-0.15, -0.1) is 0 Å². The van der Waals surface area contributed by atoms with Gasteiger partial charge in [0, 0.05) is 25.9 Å². The first-order valence-corrected chi connectivity index (χ1v) is 6.55. The van der Waals surface area contributed by atoms with Crippen LogP contribution in [-0.2, 0) is 15.7 Å². The molecule has 0 radical (unpaired) electrons. The van der Waals surface area contributed by atoms with Crippen molar-refractivity contribution >= 4 is 5.69 Å². The van der Waals surface area contributed by atoms with E-state index in [1.165, 1.54) is 12.3 Å². The third kappa shape index (κ3) is 2.60. The molecule has 1 aromatic heterocycles. The molecule has 0 amide bonds. The fraction of sp³-hybridized carbons (Fsp3) is 0.615. The second-order valence-electron chi connectivity index (χ2n) is 4.99. The smallest absolute Gasteiger partial charge is 0.370 e. The average Bonchev–Trinajstić information content (AvgIpc) is 2.87. The van der Waals surface area contributed by atoms with Crippen molar-refractivity contribution < 1.29 is 22.6 Å². The molecule has 2 fully saturated rings. The molecule has 3 rings (SSSR count). The maximum Gasteiger partial charge on any atom is 0.433 e. The Morgan fingerprint density at radius 1 is 1.10 bits per heavy atom. The molecule has 4 nitrogen and oxygen atoms in total. The standard InChI is InChI=1S/C13H15F3N2O2/c14-13(15,16)11-2-1-10(9-17-11)18-5-3-12(4-6-18)19-7-8-20-12/h1-2,9H,3-8H2. The first-order chi connectivity index (χ1) is 9.49. The van der Waals surface area contributed by atoms with Crippen LogP contribution in [0.15, 0.2) is 18.3 Å². The normalized spacial score (nSPS) is 22.4. The molecular formula is C13H15F3N2O2. The summed E-state index contributed by atoms with van der Waals surface area (Å²) in [5, 5.41) is 0. The van der Waals surface area contributed by atoms with E-state index in [1.807, 2.05) is 4.90 Å². The molecule has 2 aliphatic heterocycles. The average molecular weight is 288 g/mol.